The lowest BCUT2D eigenvalue weighted by Crippen LogP contribution is -2.50. The van der Waals surface area contributed by atoms with Crippen LogP contribution in [0.15, 0.2) is 70.5 Å². The Balaban J connectivity index is 1.29. The number of carbonyl (C=O) groups is 2. The molecule has 9 heteroatoms. The Bertz CT molecular complexity index is 1370. The number of rotatable bonds is 3. The zero-order valence-corrected chi connectivity index (χ0v) is 19.7. The first kappa shape index (κ1) is 21.9. The highest BCUT2D eigenvalue weighted by molar-refractivity contribution is 8.01. The maximum atomic E-state index is 13.2. The number of nitrogens with one attached hydrogen (secondary N) is 1. The zero-order valence-electron chi connectivity index (χ0n) is 18.0. The van der Waals surface area contributed by atoms with Crippen molar-refractivity contribution in [1.82, 2.24) is 9.21 Å². The summed E-state index contributed by atoms with van der Waals surface area (Å²) in [5.41, 5.74) is 1.13. The smallest absolute Gasteiger partial charge is 0.254 e. The molecule has 3 aromatic carbocycles. The van der Waals surface area contributed by atoms with Crippen LogP contribution in [0, 0.1) is 0 Å². The number of hydrogen-bond donors (Lipinski definition) is 1. The van der Waals surface area contributed by atoms with Crippen molar-refractivity contribution in [2.24, 2.45) is 0 Å². The molecule has 3 aromatic rings. The lowest BCUT2D eigenvalue weighted by molar-refractivity contribution is -0.115. The molecule has 1 atom stereocenters. The molecule has 2 aliphatic heterocycles. The molecule has 1 fully saturated rings. The highest BCUT2D eigenvalue weighted by Crippen LogP contribution is 2.36. The monoisotopic (exact) mass is 481 g/mol. The van der Waals surface area contributed by atoms with Gasteiger partial charge < -0.3 is 10.2 Å². The van der Waals surface area contributed by atoms with Gasteiger partial charge in [-0.15, -0.1) is 11.8 Å². The number of fused-ring (bicyclic) bond motifs is 2. The van der Waals surface area contributed by atoms with E-state index in [4.69, 9.17) is 0 Å². The number of hydrogen-bond acceptors (Lipinski definition) is 5. The second-order valence-electron chi connectivity index (χ2n) is 8.17. The summed E-state index contributed by atoms with van der Waals surface area (Å²) >= 11 is 1.47. The van der Waals surface area contributed by atoms with Crippen LogP contribution in [-0.4, -0.2) is 60.9 Å². The normalized spacial score (nSPS) is 19.2. The lowest BCUT2D eigenvalue weighted by atomic mass is 10.1. The molecule has 33 heavy (non-hydrogen) atoms. The van der Waals surface area contributed by atoms with Gasteiger partial charge in [0.05, 0.1) is 15.8 Å². The highest BCUT2D eigenvalue weighted by atomic mass is 32.2. The van der Waals surface area contributed by atoms with Gasteiger partial charge in [-0.2, -0.15) is 4.31 Å². The second kappa shape index (κ2) is 8.48. The first-order valence-electron chi connectivity index (χ1n) is 10.7. The number of carbonyl (C=O) groups excluding carboxylic acids is 2. The van der Waals surface area contributed by atoms with Gasteiger partial charge in [-0.25, -0.2) is 8.42 Å². The molecule has 0 aliphatic carbocycles. The molecular formula is C24H23N3O4S2. The molecular weight excluding hydrogens is 458 g/mol. The maximum absolute atomic E-state index is 13.2. The van der Waals surface area contributed by atoms with Crippen LogP contribution in [0.2, 0.25) is 0 Å². The Morgan fingerprint density at radius 1 is 0.970 bits per heavy atom. The van der Waals surface area contributed by atoms with Gasteiger partial charge in [0.2, 0.25) is 15.9 Å². The minimum atomic E-state index is -3.65. The number of piperazine rings is 1. The van der Waals surface area contributed by atoms with Crippen molar-refractivity contribution in [2.75, 3.05) is 31.5 Å². The van der Waals surface area contributed by atoms with Crippen molar-refractivity contribution in [2.45, 2.75) is 22.0 Å². The van der Waals surface area contributed by atoms with Crippen LogP contribution in [-0.2, 0) is 14.8 Å². The SMILES string of the molecule is CC1Sc2ccc(C(=O)N3CCN(S(=O)(=O)c4ccc5ccccc5c4)CC3)cc2NC1=O. The van der Waals surface area contributed by atoms with E-state index in [0.717, 1.165) is 15.7 Å². The minimum absolute atomic E-state index is 0.0791. The summed E-state index contributed by atoms with van der Waals surface area (Å²) in [5.74, 6) is -0.247. The van der Waals surface area contributed by atoms with Gasteiger partial charge in [0.1, 0.15) is 0 Å². The van der Waals surface area contributed by atoms with Crippen molar-refractivity contribution in [3.63, 3.8) is 0 Å². The van der Waals surface area contributed by atoms with E-state index in [-0.39, 0.29) is 35.0 Å². The summed E-state index contributed by atoms with van der Waals surface area (Å²) in [4.78, 5) is 27.9. The van der Waals surface area contributed by atoms with Crippen LogP contribution >= 0.6 is 11.8 Å². The molecule has 0 bridgehead atoms. The third kappa shape index (κ3) is 4.12. The Morgan fingerprint density at radius 2 is 1.70 bits per heavy atom. The molecule has 0 radical (unpaired) electrons. The van der Waals surface area contributed by atoms with Crippen molar-refractivity contribution in [3.05, 3.63) is 66.2 Å². The zero-order chi connectivity index (χ0) is 23.2. The van der Waals surface area contributed by atoms with Gasteiger partial charge in [0.25, 0.3) is 5.91 Å². The first-order chi connectivity index (χ1) is 15.8. The third-order valence-corrected chi connectivity index (χ3v) is 9.11. The largest absolute Gasteiger partial charge is 0.336 e. The second-order valence-corrected chi connectivity index (χ2v) is 11.5. The van der Waals surface area contributed by atoms with Crippen LogP contribution < -0.4 is 5.32 Å². The number of amides is 2. The molecule has 5 rings (SSSR count). The fourth-order valence-corrected chi connectivity index (χ4v) is 6.52. The summed E-state index contributed by atoms with van der Waals surface area (Å²) in [5, 5.41) is 4.54. The lowest BCUT2D eigenvalue weighted by Gasteiger charge is -2.34. The molecule has 7 nitrogen and oxygen atoms in total. The Morgan fingerprint density at radius 3 is 2.45 bits per heavy atom. The quantitative estimate of drug-likeness (QED) is 0.620. The van der Waals surface area contributed by atoms with Gasteiger partial charge in [-0.05, 0) is 48.0 Å². The fraction of sp³-hybridized carbons (Fsp3) is 0.250. The standard InChI is InChI=1S/C24H23N3O4S2/c1-16-23(28)25-21-15-19(7-9-22(21)32-16)24(29)26-10-12-27(13-11-26)33(30,31)20-8-6-17-4-2-3-5-18(17)14-20/h2-9,14-16H,10-13H2,1H3,(H,25,28). The van der Waals surface area contributed by atoms with Crippen molar-refractivity contribution < 1.29 is 18.0 Å². The Kier molecular flexibility index (Phi) is 5.64. The molecule has 1 saturated heterocycles. The van der Waals surface area contributed by atoms with Crippen LogP contribution in [0.3, 0.4) is 0 Å². The third-order valence-electron chi connectivity index (χ3n) is 6.04. The molecule has 1 unspecified atom stereocenters. The van der Waals surface area contributed by atoms with Gasteiger partial charge in [-0.3, -0.25) is 9.59 Å². The van der Waals surface area contributed by atoms with Crippen molar-refractivity contribution in [1.29, 1.82) is 0 Å². The summed E-state index contributed by atoms with van der Waals surface area (Å²) in [6.07, 6.45) is 0. The van der Waals surface area contributed by atoms with E-state index in [1.807, 2.05) is 43.3 Å². The topological polar surface area (TPSA) is 86.8 Å². The average Bonchev–Trinajstić information content (AvgIpc) is 2.84. The van der Waals surface area contributed by atoms with E-state index in [1.54, 1.807) is 29.2 Å². The highest BCUT2D eigenvalue weighted by Gasteiger charge is 2.31. The summed E-state index contributed by atoms with van der Waals surface area (Å²) in [6, 6.07) is 18.1. The van der Waals surface area contributed by atoms with Crippen LogP contribution in [0.1, 0.15) is 17.3 Å². The number of benzene rings is 3. The van der Waals surface area contributed by atoms with E-state index in [1.165, 1.54) is 16.1 Å². The number of anilines is 1. The van der Waals surface area contributed by atoms with Gasteiger partial charge in [0, 0.05) is 36.6 Å². The first-order valence-corrected chi connectivity index (χ1v) is 13.0. The number of sulfonamides is 1. The van der Waals surface area contributed by atoms with Crippen molar-refractivity contribution in [3.8, 4) is 0 Å². The molecule has 170 valence electrons. The van der Waals surface area contributed by atoms with Crippen LogP contribution in [0.25, 0.3) is 10.8 Å². The molecule has 2 heterocycles. The summed E-state index contributed by atoms with van der Waals surface area (Å²) in [7, 11) is -3.65. The Hall–Kier alpha value is -2.88. The van der Waals surface area contributed by atoms with E-state index in [0.29, 0.717) is 24.3 Å². The van der Waals surface area contributed by atoms with Crippen molar-refractivity contribution >= 4 is 50.1 Å². The predicted octanol–water partition coefficient (Wildman–Crippen LogP) is 3.42. The minimum Gasteiger partial charge on any atom is -0.336 e. The number of nitrogens with zero attached hydrogens (tertiary/aromatic N) is 2. The van der Waals surface area contributed by atoms with Gasteiger partial charge in [-0.1, -0.05) is 30.3 Å². The molecule has 2 amide bonds. The van der Waals surface area contributed by atoms with E-state index in [9.17, 15) is 18.0 Å². The Labute approximate surface area is 196 Å². The van der Waals surface area contributed by atoms with Crippen LogP contribution in [0.5, 0.6) is 0 Å². The predicted molar refractivity (Wildman–Crippen MR) is 129 cm³/mol. The van der Waals surface area contributed by atoms with E-state index < -0.39 is 10.0 Å². The van der Waals surface area contributed by atoms with Gasteiger partial charge >= 0.3 is 0 Å². The molecule has 1 N–H and O–H groups in total. The molecule has 0 saturated carbocycles. The number of thioether (sulfide) groups is 1. The molecule has 0 aromatic heterocycles. The average molecular weight is 482 g/mol. The van der Waals surface area contributed by atoms with E-state index in [2.05, 4.69) is 5.32 Å². The molecule has 0 spiro atoms. The maximum Gasteiger partial charge on any atom is 0.254 e. The van der Waals surface area contributed by atoms with Gasteiger partial charge in [0.15, 0.2) is 0 Å². The molecule has 2 aliphatic rings. The van der Waals surface area contributed by atoms with Crippen LogP contribution in [0.4, 0.5) is 5.69 Å². The fourth-order valence-electron chi connectivity index (χ4n) is 4.13. The summed E-state index contributed by atoms with van der Waals surface area (Å²) in [6.45, 7) is 2.92. The summed E-state index contributed by atoms with van der Waals surface area (Å²) < 4.78 is 27.8. The van der Waals surface area contributed by atoms with E-state index >= 15 is 0 Å².